The zero-order chi connectivity index (χ0) is 13.3. The zero-order valence-corrected chi connectivity index (χ0v) is 9.72. The monoisotopic (exact) mass is 268 g/mol. The lowest BCUT2D eigenvalue weighted by molar-refractivity contribution is 0.143. The van der Waals surface area contributed by atoms with Gasteiger partial charge in [0.15, 0.2) is 5.75 Å². The average molecular weight is 268 g/mol. The van der Waals surface area contributed by atoms with Crippen LogP contribution in [0.3, 0.4) is 0 Å². The second-order valence-electron chi connectivity index (χ2n) is 3.46. The van der Waals surface area contributed by atoms with Crippen LogP contribution in [0.25, 0.3) is 10.8 Å². The number of hydrogen-bond donors (Lipinski definition) is 2. The van der Waals surface area contributed by atoms with Crippen LogP contribution in [-0.4, -0.2) is 24.2 Å². The fourth-order valence-electron chi connectivity index (χ4n) is 1.66. The summed E-state index contributed by atoms with van der Waals surface area (Å²) in [6.45, 7) is 0. The third kappa shape index (κ3) is 2.27. The predicted octanol–water partition coefficient (Wildman–Crippen LogP) is 2.14. The van der Waals surface area contributed by atoms with Gasteiger partial charge in [-0.2, -0.15) is 8.42 Å². The first-order chi connectivity index (χ1) is 8.39. The summed E-state index contributed by atoms with van der Waals surface area (Å²) in [5.41, 5.74) is 0. The van der Waals surface area contributed by atoms with E-state index >= 15 is 0 Å². The molecule has 7 heteroatoms. The first kappa shape index (κ1) is 12.3. The highest BCUT2D eigenvalue weighted by Gasteiger charge is 2.22. The summed E-state index contributed by atoms with van der Waals surface area (Å²) in [4.78, 5) is 9.93. The van der Waals surface area contributed by atoms with E-state index in [2.05, 4.69) is 4.74 Å². The molecule has 0 aliphatic heterocycles. The van der Waals surface area contributed by atoms with Gasteiger partial charge in [-0.05, 0) is 11.5 Å². The fraction of sp³-hybridized carbons (Fsp3) is 0. The molecule has 2 N–H and O–H groups in total. The summed E-state index contributed by atoms with van der Waals surface area (Å²) in [5.74, 6) is -0.427. The standard InChI is InChI=1S/C11H8O6S/c12-11(13)17-9-6-5-7-3-1-2-4-8(7)10(9)18(14,15)16/h1-6H,(H,12,13)(H,14,15,16). The van der Waals surface area contributed by atoms with Crippen molar-refractivity contribution < 1.29 is 27.6 Å². The maximum Gasteiger partial charge on any atom is 0.511 e. The van der Waals surface area contributed by atoms with E-state index in [1.807, 2.05) is 0 Å². The average Bonchev–Trinajstić information content (AvgIpc) is 2.26. The fourth-order valence-corrected chi connectivity index (χ4v) is 2.49. The molecule has 0 unspecified atom stereocenters. The minimum absolute atomic E-state index is 0.193. The molecule has 0 amide bonds. The van der Waals surface area contributed by atoms with Crippen molar-refractivity contribution in [2.24, 2.45) is 0 Å². The van der Waals surface area contributed by atoms with E-state index < -0.39 is 26.9 Å². The second kappa shape index (κ2) is 4.28. The van der Waals surface area contributed by atoms with Gasteiger partial charge in [-0.3, -0.25) is 4.55 Å². The van der Waals surface area contributed by atoms with E-state index in [4.69, 9.17) is 5.11 Å². The molecule has 0 atom stereocenters. The van der Waals surface area contributed by atoms with E-state index in [-0.39, 0.29) is 5.39 Å². The molecule has 0 aliphatic carbocycles. The van der Waals surface area contributed by atoms with E-state index in [1.165, 1.54) is 18.2 Å². The van der Waals surface area contributed by atoms with Gasteiger partial charge in [0, 0.05) is 5.39 Å². The molecule has 2 aromatic carbocycles. The van der Waals surface area contributed by atoms with E-state index in [0.717, 1.165) is 0 Å². The minimum atomic E-state index is -4.59. The Morgan fingerprint density at radius 2 is 1.78 bits per heavy atom. The Kier molecular flexibility index (Phi) is 2.93. The number of ether oxygens (including phenoxy) is 1. The number of fused-ring (bicyclic) bond motifs is 1. The highest BCUT2D eigenvalue weighted by Crippen LogP contribution is 2.32. The van der Waals surface area contributed by atoms with Crippen LogP contribution in [0, 0.1) is 0 Å². The maximum absolute atomic E-state index is 11.3. The maximum atomic E-state index is 11.3. The Bertz CT molecular complexity index is 719. The molecule has 2 rings (SSSR count). The highest BCUT2D eigenvalue weighted by atomic mass is 32.2. The van der Waals surface area contributed by atoms with Crippen LogP contribution in [0.5, 0.6) is 5.75 Å². The van der Waals surface area contributed by atoms with Gasteiger partial charge < -0.3 is 9.84 Å². The van der Waals surface area contributed by atoms with E-state index in [1.54, 1.807) is 18.2 Å². The van der Waals surface area contributed by atoms with E-state index in [0.29, 0.717) is 5.39 Å². The van der Waals surface area contributed by atoms with Crippen molar-refractivity contribution in [1.82, 2.24) is 0 Å². The summed E-state index contributed by atoms with van der Waals surface area (Å²) in [5, 5.41) is 9.27. The number of benzene rings is 2. The van der Waals surface area contributed by atoms with E-state index in [9.17, 15) is 17.8 Å². The predicted molar refractivity (Wildman–Crippen MR) is 62.4 cm³/mol. The molecule has 0 heterocycles. The molecular formula is C11H8O6S. The molecule has 0 bridgehead atoms. The molecule has 94 valence electrons. The topological polar surface area (TPSA) is 101 Å². The van der Waals surface area contributed by atoms with Crippen LogP contribution in [0.15, 0.2) is 41.3 Å². The molecule has 2 aromatic rings. The first-order valence-corrected chi connectivity index (χ1v) is 6.23. The first-order valence-electron chi connectivity index (χ1n) is 4.79. The Hall–Kier alpha value is -2.12. The van der Waals surface area contributed by atoms with Crippen molar-refractivity contribution in [2.45, 2.75) is 4.90 Å². The van der Waals surface area contributed by atoms with Gasteiger partial charge in [0.25, 0.3) is 10.1 Å². The lowest BCUT2D eigenvalue weighted by atomic mass is 10.1. The Morgan fingerprint density at radius 3 is 2.39 bits per heavy atom. The summed E-state index contributed by atoms with van der Waals surface area (Å²) >= 11 is 0. The molecule has 0 spiro atoms. The molecule has 0 aliphatic rings. The molecule has 0 fully saturated rings. The third-order valence-corrected chi connectivity index (χ3v) is 3.24. The SMILES string of the molecule is O=C(O)Oc1ccc2ccccc2c1S(=O)(=O)O. The van der Waals surface area contributed by atoms with Crippen molar-refractivity contribution in [2.75, 3.05) is 0 Å². The number of carboxylic acid groups (broad SMARTS) is 1. The summed E-state index contributed by atoms with van der Waals surface area (Å²) < 4.78 is 36.2. The van der Waals surface area contributed by atoms with Crippen LogP contribution in [0.1, 0.15) is 0 Å². The molecular weight excluding hydrogens is 260 g/mol. The summed E-state index contributed by atoms with van der Waals surface area (Å²) in [6.07, 6.45) is -1.66. The van der Waals surface area contributed by atoms with Crippen LogP contribution >= 0.6 is 0 Å². The number of carbonyl (C=O) groups is 1. The Balaban J connectivity index is 2.84. The van der Waals surface area contributed by atoms with Crippen LogP contribution < -0.4 is 4.74 Å². The smallest absolute Gasteiger partial charge is 0.449 e. The van der Waals surface area contributed by atoms with Crippen LogP contribution in [0.4, 0.5) is 4.79 Å². The Labute approximate surface area is 102 Å². The number of rotatable bonds is 2. The van der Waals surface area contributed by atoms with Crippen molar-refractivity contribution >= 4 is 27.0 Å². The molecule has 0 aromatic heterocycles. The van der Waals surface area contributed by atoms with Gasteiger partial charge in [-0.25, -0.2) is 4.79 Å². The van der Waals surface area contributed by atoms with Crippen molar-refractivity contribution in [3.63, 3.8) is 0 Å². The normalized spacial score (nSPS) is 11.4. The van der Waals surface area contributed by atoms with Gasteiger partial charge in [-0.1, -0.05) is 30.3 Å². The van der Waals surface area contributed by atoms with Crippen molar-refractivity contribution in [3.8, 4) is 5.75 Å². The largest absolute Gasteiger partial charge is 0.511 e. The minimum Gasteiger partial charge on any atom is -0.449 e. The van der Waals surface area contributed by atoms with Gasteiger partial charge in [0.1, 0.15) is 4.90 Å². The molecule has 0 saturated carbocycles. The number of hydrogen-bond acceptors (Lipinski definition) is 4. The highest BCUT2D eigenvalue weighted by molar-refractivity contribution is 7.86. The molecule has 6 nitrogen and oxygen atoms in total. The molecule has 0 saturated heterocycles. The zero-order valence-electron chi connectivity index (χ0n) is 8.90. The van der Waals surface area contributed by atoms with Crippen molar-refractivity contribution in [3.05, 3.63) is 36.4 Å². The van der Waals surface area contributed by atoms with Gasteiger partial charge in [0.2, 0.25) is 0 Å². The summed E-state index contributed by atoms with van der Waals surface area (Å²) in [6, 6.07) is 9.03. The van der Waals surface area contributed by atoms with Gasteiger partial charge in [-0.15, -0.1) is 0 Å². The second-order valence-corrected chi connectivity index (χ2v) is 4.82. The lowest BCUT2D eigenvalue weighted by Crippen LogP contribution is -2.08. The summed E-state index contributed by atoms with van der Waals surface area (Å²) in [7, 11) is -4.59. The molecule has 18 heavy (non-hydrogen) atoms. The van der Waals surface area contributed by atoms with Crippen LogP contribution in [-0.2, 0) is 10.1 Å². The molecule has 0 radical (unpaired) electrons. The van der Waals surface area contributed by atoms with Crippen molar-refractivity contribution in [1.29, 1.82) is 0 Å². The quantitative estimate of drug-likeness (QED) is 0.491. The Morgan fingerprint density at radius 1 is 1.11 bits per heavy atom. The third-order valence-electron chi connectivity index (χ3n) is 2.30. The lowest BCUT2D eigenvalue weighted by Gasteiger charge is -2.08. The van der Waals surface area contributed by atoms with Gasteiger partial charge >= 0.3 is 6.16 Å². The van der Waals surface area contributed by atoms with Crippen LogP contribution in [0.2, 0.25) is 0 Å². The van der Waals surface area contributed by atoms with Gasteiger partial charge in [0.05, 0.1) is 0 Å².